The first-order valence-electron chi connectivity index (χ1n) is 4.10. The van der Waals surface area contributed by atoms with Crippen molar-refractivity contribution in [3.05, 3.63) is 20.9 Å². The highest BCUT2D eigenvalue weighted by Gasteiger charge is 2.29. The van der Waals surface area contributed by atoms with Gasteiger partial charge < -0.3 is 10.8 Å². The van der Waals surface area contributed by atoms with Crippen molar-refractivity contribution >= 4 is 17.8 Å². The van der Waals surface area contributed by atoms with E-state index in [-0.39, 0.29) is 0 Å². The summed E-state index contributed by atoms with van der Waals surface area (Å²) >= 11 is 0. The van der Waals surface area contributed by atoms with Crippen molar-refractivity contribution < 1.29 is 19.5 Å². The molecule has 17 heavy (non-hydrogen) atoms. The van der Waals surface area contributed by atoms with Gasteiger partial charge in [-0.15, -0.1) is 0 Å². The number of rotatable bonds is 5. The summed E-state index contributed by atoms with van der Waals surface area (Å²) in [6, 6.07) is -1.45. The molecule has 11 nitrogen and oxygen atoms in total. The fraction of sp³-hybridized carbons (Fsp3) is 0.500. The standard InChI is InChI=1S/C6H7N7O4/c7-3(5(15)11-13-9)1-2(6(16)17)4(14)10-12-8/h2-3H,1,7H2,(H,16,17)/t2?,3-/m0/s1. The first-order chi connectivity index (χ1) is 7.93. The summed E-state index contributed by atoms with van der Waals surface area (Å²) in [4.78, 5) is 36.9. The predicted molar refractivity (Wildman–Crippen MR) is 52.0 cm³/mol. The van der Waals surface area contributed by atoms with Gasteiger partial charge in [-0.1, -0.05) is 0 Å². The van der Waals surface area contributed by atoms with Gasteiger partial charge in [-0.05, 0) is 27.7 Å². The van der Waals surface area contributed by atoms with Gasteiger partial charge in [0.2, 0.25) is 11.8 Å². The second kappa shape index (κ2) is 6.80. The Kier molecular flexibility index (Phi) is 5.75. The lowest BCUT2D eigenvalue weighted by Gasteiger charge is -2.11. The van der Waals surface area contributed by atoms with Gasteiger partial charge in [-0.3, -0.25) is 14.4 Å². The van der Waals surface area contributed by atoms with E-state index >= 15 is 0 Å². The lowest BCUT2D eigenvalue weighted by atomic mass is 9.99. The lowest BCUT2D eigenvalue weighted by molar-refractivity contribution is -0.146. The van der Waals surface area contributed by atoms with Crippen molar-refractivity contribution in [1.82, 2.24) is 0 Å². The molecule has 0 aromatic carbocycles. The van der Waals surface area contributed by atoms with Gasteiger partial charge in [0.25, 0.3) is 0 Å². The van der Waals surface area contributed by atoms with Gasteiger partial charge in [-0.2, -0.15) is 0 Å². The molecule has 0 aliphatic carbocycles. The first kappa shape index (κ1) is 14.4. The average Bonchev–Trinajstić information content (AvgIpc) is 2.25. The molecule has 0 saturated carbocycles. The van der Waals surface area contributed by atoms with Crippen LogP contribution < -0.4 is 5.73 Å². The van der Waals surface area contributed by atoms with Gasteiger partial charge in [0.1, 0.15) is 5.92 Å². The Balaban J connectivity index is 4.83. The molecule has 11 heteroatoms. The van der Waals surface area contributed by atoms with E-state index in [4.69, 9.17) is 21.9 Å². The van der Waals surface area contributed by atoms with Crippen LogP contribution in [0.25, 0.3) is 20.9 Å². The summed E-state index contributed by atoms with van der Waals surface area (Å²) < 4.78 is 0. The molecule has 0 heterocycles. The molecule has 0 spiro atoms. The SMILES string of the molecule is [N-]=[N+]=NC(=O)C(C[C@H](N)C(=O)N=[N+]=[N-])C(=O)O. The number of carboxylic acids is 1. The number of nitrogens with two attached hydrogens (primary N) is 1. The summed E-state index contributed by atoms with van der Waals surface area (Å²) in [5, 5.41) is 13.9. The van der Waals surface area contributed by atoms with E-state index in [1.54, 1.807) is 0 Å². The van der Waals surface area contributed by atoms with Crippen LogP contribution in [-0.2, 0) is 14.4 Å². The third kappa shape index (κ3) is 4.62. The third-order valence-corrected chi connectivity index (χ3v) is 1.69. The van der Waals surface area contributed by atoms with Crippen LogP contribution in [0.5, 0.6) is 0 Å². The second-order valence-corrected chi connectivity index (χ2v) is 2.79. The summed E-state index contributed by atoms with van der Waals surface area (Å²) in [5.41, 5.74) is 21.1. The molecule has 2 atom stereocenters. The Morgan fingerprint density at radius 3 is 2.06 bits per heavy atom. The van der Waals surface area contributed by atoms with Crippen molar-refractivity contribution in [3.63, 3.8) is 0 Å². The van der Waals surface area contributed by atoms with Crippen molar-refractivity contribution in [3.8, 4) is 0 Å². The van der Waals surface area contributed by atoms with Crippen LogP contribution in [0.2, 0.25) is 0 Å². The zero-order chi connectivity index (χ0) is 13.4. The molecule has 1 unspecified atom stereocenters. The van der Waals surface area contributed by atoms with Crippen molar-refractivity contribution in [1.29, 1.82) is 0 Å². The Morgan fingerprint density at radius 2 is 1.65 bits per heavy atom. The first-order valence-corrected chi connectivity index (χ1v) is 4.10. The number of hydrogen-bond donors (Lipinski definition) is 2. The van der Waals surface area contributed by atoms with Gasteiger partial charge in [0.15, 0.2) is 0 Å². The molecule has 0 bridgehead atoms. The van der Waals surface area contributed by atoms with Crippen LogP contribution in [-0.4, -0.2) is 28.9 Å². The largest absolute Gasteiger partial charge is 0.481 e. The zero-order valence-electron chi connectivity index (χ0n) is 8.29. The van der Waals surface area contributed by atoms with Crippen LogP contribution >= 0.6 is 0 Å². The van der Waals surface area contributed by atoms with Gasteiger partial charge in [-0.25, -0.2) is 0 Å². The normalized spacial score (nSPS) is 12.5. The number of carboxylic acid groups (broad SMARTS) is 1. The van der Waals surface area contributed by atoms with E-state index in [0.29, 0.717) is 0 Å². The Morgan fingerprint density at radius 1 is 1.18 bits per heavy atom. The smallest absolute Gasteiger partial charge is 0.314 e. The highest BCUT2D eigenvalue weighted by molar-refractivity contribution is 5.98. The lowest BCUT2D eigenvalue weighted by Crippen LogP contribution is -2.36. The molecule has 0 aromatic rings. The van der Waals surface area contributed by atoms with E-state index in [2.05, 4.69) is 20.1 Å². The second-order valence-electron chi connectivity index (χ2n) is 2.79. The number of azide groups is 2. The van der Waals surface area contributed by atoms with E-state index in [1.807, 2.05) is 0 Å². The highest BCUT2D eigenvalue weighted by atomic mass is 16.4. The molecule has 3 N–H and O–H groups in total. The average molecular weight is 241 g/mol. The minimum absolute atomic E-state index is 0.620. The molecule has 0 rings (SSSR count). The Hall–Kier alpha value is -2.61. The maximum absolute atomic E-state index is 11.0. The van der Waals surface area contributed by atoms with E-state index < -0.39 is 36.2 Å². The minimum atomic E-state index is -1.75. The topological polar surface area (TPSA) is 195 Å². The number of hydrogen-bond acceptors (Lipinski definition) is 4. The van der Waals surface area contributed by atoms with E-state index in [9.17, 15) is 14.4 Å². The molecular formula is C6H7N7O4. The molecule has 0 aliphatic heterocycles. The molecule has 0 radical (unpaired) electrons. The number of aliphatic carboxylic acids is 1. The number of carbonyl (C=O) groups is 3. The van der Waals surface area contributed by atoms with E-state index in [0.717, 1.165) is 0 Å². The number of amides is 2. The maximum Gasteiger partial charge on any atom is 0.314 e. The number of carbonyl (C=O) groups excluding carboxylic acids is 2. The summed E-state index contributed by atoms with van der Waals surface area (Å²) in [6.07, 6.45) is -0.620. The highest BCUT2D eigenvalue weighted by Crippen LogP contribution is 2.10. The fourth-order valence-corrected chi connectivity index (χ4v) is 0.894. The van der Waals surface area contributed by atoms with Crippen LogP contribution in [0.3, 0.4) is 0 Å². The van der Waals surface area contributed by atoms with Crippen molar-refractivity contribution in [2.24, 2.45) is 21.9 Å². The van der Waals surface area contributed by atoms with Gasteiger partial charge in [0.05, 0.1) is 6.04 Å². The van der Waals surface area contributed by atoms with Crippen LogP contribution in [0.4, 0.5) is 0 Å². The minimum Gasteiger partial charge on any atom is -0.481 e. The molecule has 0 saturated heterocycles. The van der Waals surface area contributed by atoms with Crippen LogP contribution in [0.15, 0.2) is 10.2 Å². The molecular weight excluding hydrogens is 234 g/mol. The Labute approximate surface area is 93.5 Å². The third-order valence-electron chi connectivity index (χ3n) is 1.69. The number of nitrogens with zero attached hydrogens (tertiary/aromatic N) is 6. The molecule has 0 fully saturated rings. The maximum atomic E-state index is 11.0. The van der Waals surface area contributed by atoms with Crippen LogP contribution in [0.1, 0.15) is 6.42 Å². The fourth-order valence-electron chi connectivity index (χ4n) is 0.894. The zero-order valence-corrected chi connectivity index (χ0v) is 8.29. The molecule has 0 aliphatic rings. The summed E-state index contributed by atoms with van der Waals surface area (Å²) in [6.45, 7) is 0. The van der Waals surface area contributed by atoms with Crippen LogP contribution in [0, 0.1) is 5.92 Å². The van der Waals surface area contributed by atoms with E-state index in [1.165, 1.54) is 0 Å². The van der Waals surface area contributed by atoms with Gasteiger partial charge >= 0.3 is 5.97 Å². The Bertz CT molecular complexity index is 434. The molecule has 0 aromatic heterocycles. The van der Waals surface area contributed by atoms with Gasteiger partial charge in [0, 0.05) is 9.82 Å². The van der Waals surface area contributed by atoms with Crippen molar-refractivity contribution in [2.45, 2.75) is 12.5 Å². The summed E-state index contributed by atoms with van der Waals surface area (Å²) in [7, 11) is 0. The monoisotopic (exact) mass is 241 g/mol. The quantitative estimate of drug-likeness (QED) is 0.296. The van der Waals surface area contributed by atoms with Crippen molar-refractivity contribution in [2.75, 3.05) is 0 Å². The molecule has 90 valence electrons. The molecule has 2 amide bonds. The predicted octanol–water partition coefficient (Wildman–Crippen LogP) is 0.0784. The summed E-state index contributed by atoms with van der Waals surface area (Å²) in [5.74, 6) is -5.72.